The second-order valence-corrected chi connectivity index (χ2v) is 6.78. The van der Waals surface area contributed by atoms with Gasteiger partial charge in [0.05, 0.1) is 25.8 Å². The van der Waals surface area contributed by atoms with Gasteiger partial charge in [-0.15, -0.1) is 11.3 Å². The summed E-state index contributed by atoms with van der Waals surface area (Å²) in [5.74, 6) is -0.254. The molecule has 2 heterocycles. The van der Waals surface area contributed by atoms with Gasteiger partial charge in [-0.2, -0.15) is 0 Å². The molecule has 0 radical (unpaired) electrons. The number of fused-ring (bicyclic) bond motifs is 1. The summed E-state index contributed by atoms with van der Waals surface area (Å²) in [6.45, 7) is 0.301. The second-order valence-electron chi connectivity index (χ2n) is 5.03. The molecule has 1 aliphatic rings. The second kappa shape index (κ2) is 6.55. The Bertz CT molecular complexity index is 762. The molecule has 0 spiro atoms. The van der Waals surface area contributed by atoms with Crippen molar-refractivity contribution in [2.75, 3.05) is 12.4 Å². The number of halogens is 1. The zero-order valence-corrected chi connectivity index (χ0v) is 13.8. The molecule has 23 heavy (non-hydrogen) atoms. The van der Waals surface area contributed by atoms with Crippen molar-refractivity contribution < 1.29 is 14.3 Å². The van der Waals surface area contributed by atoms with Gasteiger partial charge >= 0.3 is 0 Å². The summed E-state index contributed by atoms with van der Waals surface area (Å²) in [6.07, 6.45) is 1.62. The van der Waals surface area contributed by atoms with Crippen LogP contribution < -0.4 is 15.4 Å². The lowest BCUT2D eigenvalue weighted by atomic mass is 9.96. The van der Waals surface area contributed by atoms with Crippen LogP contribution in [0.3, 0.4) is 0 Å². The van der Waals surface area contributed by atoms with E-state index in [1.807, 2.05) is 0 Å². The number of rotatable bonds is 5. The highest BCUT2D eigenvalue weighted by molar-refractivity contribution is 7.15. The molecular weight excluding hydrogens is 338 g/mol. The van der Waals surface area contributed by atoms with Crippen molar-refractivity contribution in [1.29, 1.82) is 0 Å². The molecule has 0 fully saturated rings. The predicted molar refractivity (Wildman–Crippen MR) is 88.0 cm³/mol. The van der Waals surface area contributed by atoms with E-state index >= 15 is 0 Å². The highest BCUT2D eigenvalue weighted by Crippen LogP contribution is 2.37. The van der Waals surface area contributed by atoms with Crippen LogP contribution >= 0.6 is 22.9 Å². The molecule has 0 saturated carbocycles. The van der Waals surface area contributed by atoms with Crippen molar-refractivity contribution in [3.8, 4) is 5.75 Å². The van der Waals surface area contributed by atoms with Crippen LogP contribution in [0.1, 0.15) is 22.9 Å². The Morgan fingerprint density at radius 2 is 2.35 bits per heavy atom. The number of amides is 2. The van der Waals surface area contributed by atoms with E-state index in [0.717, 1.165) is 16.3 Å². The third-order valence-electron chi connectivity index (χ3n) is 3.56. The van der Waals surface area contributed by atoms with E-state index in [4.69, 9.17) is 16.3 Å². The number of hydrogen-bond acceptors (Lipinski definition) is 5. The molecular formula is C15H14ClN3O3S. The molecule has 2 N–H and O–H groups in total. The van der Waals surface area contributed by atoms with E-state index in [1.165, 1.54) is 11.3 Å². The first-order valence-corrected chi connectivity index (χ1v) is 8.12. The highest BCUT2D eigenvalue weighted by Gasteiger charge is 2.32. The number of nitrogens with zero attached hydrogens (tertiary/aromatic N) is 1. The van der Waals surface area contributed by atoms with E-state index in [1.54, 1.807) is 31.5 Å². The normalized spacial score (nSPS) is 15.9. The van der Waals surface area contributed by atoms with Crippen LogP contribution in [0.5, 0.6) is 5.75 Å². The van der Waals surface area contributed by atoms with Crippen LogP contribution in [0.25, 0.3) is 0 Å². The Labute approximate surface area is 141 Å². The lowest BCUT2D eigenvalue weighted by Gasteiger charge is -2.10. The molecule has 2 aromatic rings. The molecule has 6 nitrogen and oxygen atoms in total. The molecule has 1 aromatic carbocycles. The molecule has 0 aliphatic carbocycles. The molecule has 3 rings (SSSR count). The van der Waals surface area contributed by atoms with E-state index in [9.17, 15) is 9.59 Å². The minimum absolute atomic E-state index is 0.0745. The maximum absolute atomic E-state index is 12.1. The molecule has 1 atom stereocenters. The quantitative estimate of drug-likeness (QED) is 0.867. The molecule has 8 heteroatoms. The van der Waals surface area contributed by atoms with Crippen molar-refractivity contribution in [3.05, 3.63) is 39.3 Å². The number of hydrogen-bond donors (Lipinski definition) is 2. The molecule has 2 amide bonds. The summed E-state index contributed by atoms with van der Waals surface area (Å²) in [4.78, 5) is 28.3. The largest absolute Gasteiger partial charge is 0.497 e. The number of carbonyl (C=O) groups excluding carboxylic acids is 2. The van der Waals surface area contributed by atoms with Crippen LogP contribution in [-0.2, 0) is 16.1 Å². The molecule has 1 aromatic heterocycles. The fraction of sp³-hybridized carbons (Fsp3) is 0.267. The van der Waals surface area contributed by atoms with Crippen molar-refractivity contribution in [2.45, 2.75) is 18.9 Å². The average Bonchev–Trinajstić information content (AvgIpc) is 3.09. The van der Waals surface area contributed by atoms with Gasteiger partial charge < -0.3 is 15.4 Å². The van der Waals surface area contributed by atoms with E-state index in [2.05, 4.69) is 15.6 Å². The van der Waals surface area contributed by atoms with Crippen LogP contribution in [-0.4, -0.2) is 23.9 Å². The zero-order chi connectivity index (χ0) is 16.4. The first kappa shape index (κ1) is 15.8. The lowest BCUT2D eigenvalue weighted by molar-refractivity contribution is -0.125. The van der Waals surface area contributed by atoms with Gasteiger partial charge in [0.2, 0.25) is 11.8 Å². The third-order valence-corrected chi connectivity index (χ3v) is 4.67. The maximum atomic E-state index is 12.1. The maximum Gasteiger partial charge on any atom is 0.232 e. The average molecular weight is 352 g/mol. The monoisotopic (exact) mass is 351 g/mol. The number of carbonyl (C=O) groups is 2. The van der Waals surface area contributed by atoms with Gasteiger partial charge in [0.15, 0.2) is 0 Å². The summed E-state index contributed by atoms with van der Waals surface area (Å²) in [7, 11) is 1.56. The molecule has 1 aliphatic heterocycles. The Hall–Kier alpha value is -2.12. The van der Waals surface area contributed by atoms with E-state index in [-0.39, 0.29) is 18.2 Å². The first-order valence-electron chi connectivity index (χ1n) is 6.92. The smallest absolute Gasteiger partial charge is 0.232 e. The number of anilines is 1. The Kier molecular flexibility index (Phi) is 4.49. The Morgan fingerprint density at radius 1 is 1.52 bits per heavy atom. The minimum atomic E-state index is -0.514. The minimum Gasteiger partial charge on any atom is -0.497 e. The number of methoxy groups -OCH3 is 1. The topological polar surface area (TPSA) is 80.3 Å². The van der Waals surface area contributed by atoms with E-state index < -0.39 is 5.92 Å². The summed E-state index contributed by atoms with van der Waals surface area (Å²) in [5.41, 5.74) is 1.50. The zero-order valence-electron chi connectivity index (χ0n) is 12.3. The van der Waals surface area contributed by atoms with Gasteiger partial charge in [0.25, 0.3) is 0 Å². The fourth-order valence-corrected chi connectivity index (χ4v) is 3.33. The van der Waals surface area contributed by atoms with Gasteiger partial charge in [-0.1, -0.05) is 11.6 Å². The molecule has 0 saturated heterocycles. The van der Waals surface area contributed by atoms with Gasteiger partial charge in [-0.25, -0.2) is 4.98 Å². The first-order chi connectivity index (χ1) is 11.1. The van der Waals surface area contributed by atoms with Crippen molar-refractivity contribution >= 4 is 40.4 Å². The van der Waals surface area contributed by atoms with Gasteiger partial charge in [0.1, 0.15) is 15.1 Å². The van der Waals surface area contributed by atoms with Crippen molar-refractivity contribution in [1.82, 2.24) is 10.3 Å². The van der Waals surface area contributed by atoms with Gasteiger partial charge in [0, 0.05) is 12.1 Å². The highest BCUT2D eigenvalue weighted by atomic mass is 35.5. The summed E-state index contributed by atoms with van der Waals surface area (Å²) in [6, 6.07) is 5.33. The standard InChI is InChI=1S/C15H14ClN3O3S/c1-22-8-2-3-11-9(4-8)10(15(21)19-11)5-13(20)17-7-14-18-6-12(16)23-14/h2-4,6,10H,5,7H2,1H3,(H,17,20)(H,19,21). The van der Waals surface area contributed by atoms with Crippen LogP contribution in [0.15, 0.2) is 24.4 Å². The SMILES string of the molecule is COc1ccc2c(c1)C(CC(=O)NCc1ncc(Cl)s1)C(=O)N2. The number of aromatic nitrogens is 1. The number of thiazole rings is 1. The summed E-state index contributed by atoms with van der Waals surface area (Å²) in [5, 5.41) is 6.26. The van der Waals surface area contributed by atoms with Gasteiger partial charge in [-0.3, -0.25) is 9.59 Å². The van der Waals surface area contributed by atoms with Crippen LogP contribution in [0.4, 0.5) is 5.69 Å². The fourth-order valence-electron chi connectivity index (χ4n) is 2.44. The van der Waals surface area contributed by atoms with Crippen molar-refractivity contribution in [2.24, 2.45) is 0 Å². The molecule has 1 unspecified atom stereocenters. The van der Waals surface area contributed by atoms with E-state index in [0.29, 0.717) is 16.6 Å². The third kappa shape index (κ3) is 3.46. The number of nitrogens with one attached hydrogen (secondary N) is 2. The molecule has 0 bridgehead atoms. The number of ether oxygens (including phenoxy) is 1. The summed E-state index contributed by atoms with van der Waals surface area (Å²) >= 11 is 7.11. The van der Waals surface area contributed by atoms with Crippen LogP contribution in [0, 0.1) is 0 Å². The molecule has 120 valence electrons. The summed E-state index contributed by atoms with van der Waals surface area (Å²) < 4.78 is 5.75. The predicted octanol–water partition coefficient (Wildman–Crippen LogP) is 2.55. The van der Waals surface area contributed by atoms with Gasteiger partial charge in [-0.05, 0) is 23.8 Å². The number of benzene rings is 1. The Morgan fingerprint density at radius 3 is 3.04 bits per heavy atom. The van der Waals surface area contributed by atoms with Crippen molar-refractivity contribution in [3.63, 3.8) is 0 Å². The Balaban J connectivity index is 1.66. The lowest BCUT2D eigenvalue weighted by Crippen LogP contribution is -2.26. The van der Waals surface area contributed by atoms with Crippen LogP contribution in [0.2, 0.25) is 4.34 Å².